The van der Waals surface area contributed by atoms with Crippen LogP contribution in [0.2, 0.25) is 0 Å². The van der Waals surface area contributed by atoms with Crippen molar-refractivity contribution in [2.24, 2.45) is 0 Å². The number of nitrogens with zero attached hydrogens (tertiary/aromatic N) is 1. The molecule has 0 N–H and O–H groups in total. The Morgan fingerprint density at radius 2 is 2.38 bits per heavy atom. The van der Waals surface area contributed by atoms with E-state index in [4.69, 9.17) is 5.26 Å². The Labute approximate surface area is 89.5 Å². The van der Waals surface area contributed by atoms with Crippen LogP contribution in [0.3, 0.4) is 0 Å². The minimum Gasteiger partial charge on any atom is -0.447 e. The highest BCUT2D eigenvalue weighted by Gasteiger charge is 2.05. The largest absolute Gasteiger partial charge is 0.447 e. The molecule has 0 spiro atoms. The number of hydrogen-bond donors (Lipinski definition) is 0. The van der Waals surface area contributed by atoms with Crippen LogP contribution in [0.1, 0.15) is 10.4 Å². The van der Waals surface area contributed by atoms with E-state index in [1.165, 1.54) is 0 Å². The lowest BCUT2D eigenvalue weighted by atomic mass is 10.2. The van der Waals surface area contributed by atoms with Crippen LogP contribution in [0.4, 0.5) is 0 Å². The summed E-state index contributed by atoms with van der Waals surface area (Å²) in [6.45, 7) is -0.204. The fourth-order valence-corrected chi connectivity index (χ4v) is 1.34. The maximum absolute atomic E-state index is 11.2. The number of rotatable bonds is 2. The normalized spacial score (nSPS) is 8.92. The average Bonchev–Trinajstić information content (AvgIpc) is 2.14. The Bertz CT molecular complexity index is 357. The number of ether oxygens (including phenoxy) is 1. The van der Waals surface area contributed by atoms with Gasteiger partial charge in [-0.15, -0.1) is 0 Å². The molecule has 3 nitrogen and oxygen atoms in total. The topological polar surface area (TPSA) is 50.1 Å². The molecule has 0 amide bonds. The maximum atomic E-state index is 11.2. The van der Waals surface area contributed by atoms with Crippen molar-refractivity contribution in [1.29, 1.82) is 5.26 Å². The van der Waals surface area contributed by atoms with Crippen LogP contribution in [0, 0.1) is 14.9 Å². The van der Waals surface area contributed by atoms with E-state index in [1.807, 2.05) is 6.07 Å². The van der Waals surface area contributed by atoms with Crippen LogP contribution in [-0.2, 0) is 4.74 Å². The summed E-state index contributed by atoms with van der Waals surface area (Å²) in [5.41, 5.74) is 0.474. The molecule has 0 aliphatic rings. The first kappa shape index (κ1) is 9.99. The van der Waals surface area contributed by atoms with Crippen LogP contribution in [0.25, 0.3) is 0 Å². The number of esters is 1. The predicted molar refractivity (Wildman–Crippen MR) is 55.1 cm³/mol. The van der Waals surface area contributed by atoms with Gasteiger partial charge in [-0.1, -0.05) is 6.07 Å². The number of benzene rings is 1. The van der Waals surface area contributed by atoms with E-state index in [0.29, 0.717) is 5.56 Å². The second-order valence-electron chi connectivity index (χ2n) is 2.24. The van der Waals surface area contributed by atoms with Crippen LogP contribution in [0.5, 0.6) is 0 Å². The van der Waals surface area contributed by atoms with Crippen molar-refractivity contribution in [3.63, 3.8) is 0 Å². The standard InChI is InChI=1S/C9H6INO2/c10-8-3-1-2-7(6-8)9(12)13-5-4-11/h1-3,6H,5H2. The Balaban J connectivity index is 2.72. The summed E-state index contributed by atoms with van der Waals surface area (Å²) in [7, 11) is 0. The van der Waals surface area contributed by atoms with Gasteiger partial charge in [0, 0.05) is 3.57 Å². The summed E-state index contributed by atoms with van der Waals surface area (Å²) in [5.74, 6) is -0.458. The maximum Gasteiger partial charge on any atom is 0.339 e. The molecule has 0 bridgehead atoms. The summed E-state index contributed by atoms with van der Waals surface area (Å²) >= 11 is 2.10. The third-order valence-corrected chi connectivity index (χ3v) is 2.00. The van der Waals surface area contributed by atoms with Crippen LogP contribution in [0.15, 0.2) is 24.3 Å². The molecular formula is C9H6INO2. The highest BCUT2D eigenvalue weighted by atomic mass is 127. The molecule has 0 saturated carbocycles. The number of carbonyl (C=O) groups excluding carboxylic acids is 1. The molecule has 4 heteroatoms. The molecule has 0 heterocycles. The Kier molecular flexibility index (Phi) is 3.71. The van der Waals surface area contributed by atoms with Gasteiger partial charge in [0.2, 0.25) is 0 Å². The van der Waals surface area contributed by atoms with Gasteiger partial charge in [-0.05, 0) is 40.8 Å². The molecule has 0 saturated heterocycles. The number of carbonyl (C=O) groups is 1. The third-order valence-electron chi connectivity index (χ3n) is 1.33. The molecule has 0 radical (unpaired) electrons. The van der Waals surface area contributed by atoms with E-state index in [9.17, 15) is 4.79 Å². The van der Waals surface area contributed by atoms with Crippen molar-refractivity contribution < 1.29 is 9.53 Å². The zero-order valence-electron chi connectivity index (χ0n) is 6.66. The van der Waals surface area contributed by atoms with Gasteiger partial charge in [-0.3, -0.25) is 0 Å². The third kappa shape index (κ3) is 3.03. The van der Waals surface area contributed by atoms with Crippen LogP contribution >= 0.6 is 22.6 Å². The summed E-state index contributed by atoms with van der Waals surface area (Å²) in [6.07, 6.45) is 0. The van der Waals surface area contributed by atoms with Crippen LogP contribution in [-0.4, -0.2) is 12.6 Å². The lowest BCUT2D eigenvalue weighted by Crippen LogP contribution is -2.05. The first-order chi connectivity index (χ1) is 6.24. The lowest BCUT2D eigenvalue weighted by molar-refractivity contribution is 0.0555. The van der Waals surface area contributed by atoms with Crippen molar-refractivity contribution in [3.8, 4) is 6.07 Å². The first-order valence-electron chi connectivity index (χ1n) is 3.53. The summed E-state index contributed by atoms with van der Waals surface area (Å²) in [4.78, 5) is 11.2. The Hall–Kier alpha value is -1.09. The molecule has 1 aromatic rings. The Morgan fingerprint density at radius 1 is 1.62 bits per heavy atom. The van der Waals surface area contributed by atoms with Crippen molar-refractivity contribution in [2.75, 3.05) is 6.61 Å². The summed E-state index contributed by atoms with van der Waals surface area (Å²) in [6, 6.07) is 8.75. The zero-order valence-corrected chi connectivity index (χ0v) is 8.82. The first-order valence-corrected chi connectivity index (χ1v) is 4.61. The van der Waals surface area contributed by atoms with Crippen LogP contribution < -0.4 is 0 Å². The fraction of sp³-hybridized carbons (Fsp3) is 0.111. The van der Waals surface area contributed by atoms with Crippen molar-refractivity contribution in [2.45, 2.75) is 0 Å². The van der Waals surface area contributed by atoms with E-state index in [0.717, 1.165) is 3.57 Å². The van der Waals surface area contributed by atoms with Gasteiger partial charge in [0.1, 0.15) is 6.07 Å². The van der Waals surface area contributed by atoms with E-state index < -0.39 is 5.97 Å². The van der Waals surface area contributed by atoms with Crippen molar-refractivity contribution >= 4 is 28.6 Å². The van der Waals surface area contributed by atoms with Gasteiger partial charge >= 0.3 is 5.97 Å². The number of hydrogen-bond acceptors (Lipinski definition) is 3. The molecule has 0 aliphatic carbocycles. The minimum atomic E-state index is -0.458. The molecule has 1 aromatic carbocycles. The predicted octanol–water partition coefficient (Wildman–Crippen LogP) is 1.97. The Morgan fingerprint density at radius 3 is 3.00 bits per heavy atom. The molecule has 0 aromatic heterocycles. The highest BCUT2D eigenvalue weighted by molar-refractivity contribution is 14.1. The quantitative estimate of drug-likeness (QED) is 0.617. The fourth-order valence-electron chi connectivity index (χ4n) is 0.797. The van der Waals surface area contributed by atoms with Gasteiger partial charge < -0.3 is 4.74 Å². The average molecular weight is 287 g/mol. The number of nitriles is 1. The highest BCUT2D eigenvalue weighted by Crippen LogP contribution is 2.08. The molecule has 0 unspecified atom stereocenters. The van der Waals surface area contributed by atoms with Gasteiger partial charge in [0.15, 0.2) is 6.61 Å². The van der Waals surface area contributed by atoms with Crippen molar-refractivity contribution in [1.82, 2.24) is 0 Å². The van der Waals surface area contributed by atoms with Gasteiger partial charge in [-0.2, -0.15) is 5.26 Å². The monoisotopic (exact) mass is 287 g/mol. The molecule has 66 valence electrons. The summed E-state index contributed by atoms with van der Waals surface area (Å²) < 4.78 is 5.59. The smallest absolute Gasteiger partial charge is 0.339 e. The SMILES string of the molecule is N#CCOC(=O)c1cccc(I)c1. The minimum absolute atomic E-state index is 0.204. The molecule has 13 heavy (non-hydrogen) atoms. The summed E-state index contributed by atoms with van der Waals surface area (Å²) in [5, 5.41) is 8.19. The second-order valence-corrected chi connectivity index (χ2v) is 3.49. The van der Waals surface area contributed by atoms with Gasteiger partial charge in [0.25, 0.3) is 0 Å². The van der Waals surface area contributed by atoms with E-state index >= 15 is 0 Å². The van der Waals surface area contributed by atoms with E-state index in [2.05, 4.69) is 27.3 Å². The van der Waals surface area contributed by atoms with Gasteiger partial charge in [0.05, 0.1) is 5.56 Å². The molecule has 0 atom stereocenters. The van der Waals surface area contributed by atoms with Gasteiger partial charge in [-0.25, -0.2) is 4.79 Å². The molecule has 0 aliphatic heterocycles. The molecular weight excluding hydrogens is 281 g/mol. The zero-order chi connectivity index (χ0) is 9.68. The van der Waals surface area contributed by atoms with Crippen molar-refractivity contribution in [3.05, 3.63) is 33.4 Å². The van der Waals surface area contributed by atoms with E-state index in [1.54, 1.807) is 24.3 Å². The molecule has 1 rings (SSSR count). The number of halogens is 1. The van der Waals surface area contributed by atoms with E-state index in [-0.39, 0.29) is 6.61 Å². The second kappa shape index (κ2) is 4.82. The lowest BCUT2D eigenvalue weighted by Gasteiger charge is -1.99. The molecule has 0 fully saturated rings.